The van der Waals surface area contributed by atoms with Crippen LogP contribution < -0.4 is 0 Å². The Morgan fingerprint density at radius 1 is 0.677 bits per heavy atom. The standard InChI is InChI=1S/C26H18N4S/c31-26(28-27-21-15-8-3-9-16-21)30-23-18-10-17-22(19-11-4-1-5-12-19)24(23)25(29-30)20-13-6-2-7-14-20/h1-18H. The third-order valence-corrected chi connectivity index (χ3v) is 5.28. The van der Waals surface area contributed by atoms with E-state index in [0.717, 1.165) is 39.0 Å². The number of azo groups is 1. The summed E-state index contributed by atoms with van der Waals surface area (Å²) in [6.07, 6.45) is 0. The lowest BCUT2D eigenvalue weighted by atomic mass is 9.98. The molecule has 0 radical (unpaired) electrons. The predicted octanol–water partition coefficient (Wildman–Crippen LogP) is 7.29. The Hall–Kier alpha value is -3.96. The van der Waals surface area contributed by atoms with Gasteiger partial charge in [-0.05, 0) is 41.5 Å². The number of thiocarbonyl (C=S) groups is 1. The lowest BCUT2D eigenvalue weighted by Crippen LogP contribution is -2.07. The summed E-state index contributed by atoms with van der Waals surface area (Å²) in [5.74, 6) is 0. The van der Waals surface area contributed by atoms with Gasteiger partial charge in [-0.2, -0.15) is 5.10 Å². The van der Waals surface area contributed by atoms with E-state index >= 15 is 0 Å². The summed E-state index contributed by atoms with van der Waals surface area (Å²) in [5.41, 5.74) is 5.77. The van der Waals surface area contributed by atoms with Crippen molar-refractivity contribution in [2.75, 3.05) is 0 Å². The first kappa shape index (κ1) is 19.0. The molecule has 0 unspecified atom stereocenters. The normalized spacial score (nSPS) is 11.2. The summed E-state index contributed by atoms with van der Waals surface area (Å²) in [6.45, 7) is 0. The maximum Gasteiger partial charge on any atom is 0.241 e. The Morgan fingerprint density at radius 2 is 1.29 bits per heavy atom. The highest BCUT2D eigenvalue weighted by atomic mass is 32.1. The number of hydrogen-bond donors (Lipinski definition) is 0. The van der Waals surface area contributed by atoms with Crippen molar-refractivity contribution in [2.24, 2.45) is 10.2 Å². The van der Waals surface area contributed by atoms with Crippen LogP contribution in [-0.2, 0) is 0 Å². The zero-order valence-corrected chi connectivity index (χ0v) is 17.4. The van der Waals surface area contributed by atoms with Crippen molar-refractivity contribution < 1.29 is 0 Å². The molecule has 0 N–H and O–H groups in total. The van der Waals surface area contributed by atoms with Gasteiger partial charge in [0.2, 0.25) is 5.11 Å². The summed E-state index contributed by atoms with van der Waals surface area (Å²) in [6, 6.07) is 36.2. The molecule has 31 heavy (non-hydrogen) atoms. The molecule has 148 valence electrons. The highest BCUT2D eigenvalue weighted by Crippen LogP contribution is 2.36. The molecular weight excluding hydrogens is 400 g/mol. The maximum absolute atomic E-state index is 5.61. The topological polar surface area (TPSA) is 42.5 Å². The van der Waals surface area contributed by atoms with E-state index in [1.165, 1.54) is 0 Å². The van der Waals surface area contributed by atoms with Crippen molar-refractivity contribution in [1.82, 2.24) is 9.78 Å². The third-order valence-electron chi connectivity index (χ3n) is 5.03. The monoisotopic (exact) mass is 418 g/mol. The van der Waals surface area contributed by atoms with Gasteiger partial charge >= 0.3 is 0 Å². The van der Waals surface area contributed by atoms with Gasteiger partial charge in [0.25, 0.3) is 0 Å². The Balaban J connectivity index is 1.70. The van der Waals surface area contributed by atoms with E-state index in [0.29, 0.717) is 5.11 Å². The third kappa shape index (κ3) is 3.79. The summed E-state index contributed by atoms with van der Waals surface area (Å²) in [5, 5.41) is 14.8. The van der Waals surface area contributed by atoms with Gasteiger partial charge in [-0.25, -0.2) is 4.68 Å². The molecule has 5 heteroatoms. The van der Waals surface area contributed by atoms with Gasteiger partial charge in [0.15, 0.2) is 0 Å². The second kappa shape index (κ2) is 8.42. The first-order valence-electron chi connectivity index (χ1n) is 9.95. The molecule has 0 bridgehead atoms. The fourth-order valence-electron chi connectivity index (χ4n) is 3.61. The van der Waals surface area contributed by atoms with E-state index < -0.39 is 0 Å². The minimum atomic E-state index is 0.293. The molecule has 0 spiro atoms. The average Bonchev–Trinajstić information content (AvgIpc) is 3.24. The lowest BCUT2D eigenvalue weighted by molar-refractivity contribution is 0.963. The summed E-state index contributed by atoms with van der Waals surface area (Å²) < 4.78 is 1.70. The van der Waals surface area contributed by atoms with Crippen LogP contribution in [0.2, 0.25) is 0 Å². The molecule has 0 aliphatic heterocycles. The molecule has 4 nitrogen and oxygen atoms in total. The average molecular weight is 419 g/mol. The van der Waals surface area contributed by atoms with Crippen molar-refractivity contribution in [2.45, 2.75) is 0 Å². The highest BCUT2D eigenvalue weighted by molar-refractivity contribution is 7.80. The molecule has 5 aromatic rings. The van der Waals surface area contributed by atoms with Gasteiger partial charge in [-0.15, -0.1) is 10.2 Å². The largest absolute Gasteiger partial charge is 0.241 e. The van der Waals surface area contributed by atoms with Crippen LogP contribution in [0.3, 0.4) is 0 Å². The summed E-state index contributed by atoms with van der Waals surface area (Å²) in [4.78, 5) is 0. The number of rotatable bonds is 3. The highest BCUT2D eigenvalue weighted by Gasteiger charge is 2.18. The molecule has 1 aromatic heterocycles. The minimum absolute atomic E-state index is 0.293. The molecule has 0 fully saturated rings. The molecule has 0 aliphatic rings. The zero-order valence-electron chi connectivity index (χ0n) is 16.6. The van der Waals surface area contributed by atoms with Crippen molar-refractivity contribution in [3.05, 3.63) is 109 Å². The molecule has 1 heterocycles. The molecule has 0 saturated carbocycles. The van der Waals surface area contributed by atoms with Crippen LogP contribution in [0.1, 0.15) is 0 Å². The van der Waals surface area contributed by atoms with Gasteiger partial charge in [-0.3, -0.25) is 0 Å². The Bertz CT molecular complexity index is 1370. The molecule has 4 aromatic carbocycles. The predicted molar refractivity (Wildman–Crippen MR) is 130 cm³/mol. The maximum atomic E-state index is 5.61. The van der Waals surface area contributed by atoms with Gasteiger partial charge in [0, 0.05) is 10.9 Å². The van der Waals surface area contributed by atoms with Crippen LogP contribution in [-0.4, -0.2) is 14.9 Å². The number of hydrogen-bond acceptors (Lipinski definition) is 3. The number of aromatic nitrogens is 2. The van der Waals surface area contributed by atoms with Crippen molar-refractivity contribution in [3.63, 3.8) is 0 Å². The quantitative estimate of drug-likeness (QED) is 0.228. The minimum Gasteiger partial charge on any atom is -0.203 e. The van der Waals surface area contributed by atoms with Gasteiger partial charge in [-0.1, -0.05) is 91.0 Å². The molecule has 0 amide bonds. The van der Waals surface area contributed by atoms with Crippen LogP contribution in [0.5, 0.6) is 0 Å². The molecular formula is C26H18N4S. The smallest absolute Gasteiger partial charge is 0.203 e. The molecule has 0 aliphatic carbocycles. The number of nitrogens with zero attached hydrogens (tertiary/aromatic N) is 4. The first-order chi connectivity index (χ1) is 15.3. The van der Waals surface area contributed by atoms with Crippen molar-refractivity contribution in [3.8, 4) is 22.4 Å². The summed E-state index contributed by atoms with van der Waals surface area (Å²) >= 11 is 5.61. The van der Waals surface area contributed by atoms with Crippen LogP contribution in [0.15, 0.2) is 119 Å². The van der Waals surface area contributed by atoms with Gasteiger partial charge < -0.3 is 0 Å². The summed E-state index contributed by atoms with van der Waals surface area (Å²) in [7, 11) is 0. The van der Waals surface area contributed by atoms with E-state index in [9.17, 15) is 0 Å². The van der Waals surface area contributed by atoms with Gasteiger partial charge in [0.1, 0.15) is 5.69 Å². The lowest BCUT2D eigenvalue weighted by Gasteiger charge is -2.06. The molecule has 5 rings (SSSR count). The van der Waals surface area contributed by atoms with Crippen LogP contribution in [0.25, 0.3) is 33.3 Å². The molecule has 0 atom stereocenters. The fourth-order valence-corrected chi connectivity index (χ4v) is 3.79. The van der Waals surface area contributed by atoms with E-state index in [1.54, 1.807) is 4.68 Å². The second-order valence-corrected chi connectivity index (χ2v) is 7.38. The number of benzene rings is 4. The Labute approximate surface area is 185 Å². The fraction of sp³-hybridized carbons (Fsp3) is 0. The second-order valence-electron chi connectivity index (χ2n) is 7.01. The van der Waals surface area contributed by atoms with Crippen molar-refractivity contribution >= 4 is 33.9 Å². The van der Waals surface area contributed by atoms with Crippen LogP contribution in [0, 0.1) is 0 Å². The Morgan fingerprint density at radius 3 is 1.97 bits per heavy atom. The van der Waals surface area contributed by atoms with E-state index in [1.807, 2.05) is 78.9 Å². The van der Waals surface area contributed by atoms with E-state index in [2.05, 4.69) is 40.6 Å². The zero-order chi connectivity index (χ0) is 21.0. The van der Waals surface area contributed by atoms with E-state index in [-0.39, 0.29) is 0 Å². The van der Waals surface area contributed by atoms with Crippen LogP contribution in [0.4, 0.5) is 5.69 Å². The number of fused-ring (bicyclic) bond motifs is 1. The SMILES string of the molecule is S=C(N=Nc1ccccc1)n1nc(-c2ccccc2)c2c(-c3ccccc3)cccc21. The van der Waals surface area contributed by atoms with E-state index in [4.69, 9.17) is 17.3 Å². The molecule has 0 saturated heterocycles. The van der Waals surface area contributed by atoms with Gasteiger partial charge in [0.05, 0.1) is 11.2 Å². The van der Waals surface area contributed by atoms with Crippen molar-refractivity contribution in [1.29, 1.82) is 0 Å². The Kier molecular flexibility index (Phi) is 5.17. The van der Waals surface area contributed by atoms with Crippen LogP contribution >= 0.6 is 12.2 Å². The first-order valence-corrected chi connectivity index (χ1v) is 10.4.